The van der Waals surface area contributed by atoms with E-state index in [4.69, 9.17) is 10.00 Å². The monoisotopic (exact) mass is 371 g/mol. The molecule has 1 aromatic rings. The second-order valence-electron chi connectivity index (χ2n) is 8.06. The predicted molar refractivity (Wildman–Crippen MR) is 105 cm³/mol. The van der Waals surface area contributed by atoms with E-state index in [0.29, 0.717) is 18.7 Å². The van der Waals surface area contributed by atoms with E-state index in [0.717, 1.165) is 5.56 Å². The van der Waals surface area contributed by atoms with Crippen molar-refractivity contribution in [2.75, 3.05) is 6.54 Å². The van der Waals surface area contributed by atoms with Crippen molar-refractivity contribution in [2.24, 2.45) is 0 Å². The quantitative estimate of drug-likeness (QED) is 0.740. The van der Waals surface area contributed by atoms with Crippen LogP contribution in [0.15, 0.2) is 36.9 Å². The summed E-state index contributed by atoms with van der Waals surface area (Å²) in [5, 5.41) is 11.8. The summed E-state index contributed by atoms with van der Waals surface area (Å²) >= 11 is 0. The zero-order valence-corrected chi connectivity index (χ0v) is 16.8. The lowest BCUT2D eigenvalue weighted by Crippen LogP contribution is -2.49. The Labute approximate surface area is 161 Å². The van der Waals surface area contributed by atoms with Crippen molar-refractivity contribution >= 4 is 12.0 Å². The van der Waals surface area contributed by atoms with Crippen molar-refractivity contribution in [1.29, 1.82) is 5.26 Å². The maximum Gasteiger partial charge on any atom is 0.408 e. The van der Waals surface area contributed by atoms with Crippen LogP contribution in [0.25, 0.3) is 0 Å². The van der Waals surface area contributed by atoms with Gasteiger partial charge in [-0.15, -0.1) is 6.58 Å². The molecule has 0 aliphatic heterocycles. The van der Waals surface area contributed by atoms with Crippen molar-refractivity contribution in [2.45, 2.75) is 58.7 Å². The number of ether oxygens (including phenoxy) is 1. The van der Waals surface area contributed by atoms with Gasteiger partial charge in [0.05, 0.1) is 11.6 Å². The van der Waals surface area contributed by atoms with Gasteiger partial charge >= 0.3 is 6.09 Å². The molecule has 0 fully saturated rings. The Morgan fingerprint density at radius 3 is 2.52 bits per heavy atom. The van der Waals surface area contributed by atoms with E-state index < -0.39 is 17.2 Å². The van der Waals surface area contributed by atoms with Crippen molar-refractivity contribution in [3.63, 3.8) is 0 Å². The number of nitriles is 1. The molecule has 1 aromatic carbocycles. The second-order valence-corrected chi connectivity index (χ2v) is 8.06. The molecule has 0 saturated carbocycles. The Morgan fingerprint density at radius 1 is 1.30 bits per heavy atom. The maximum absolute atomic E-state index is 12.8. The molecule has 0 saturated heterocycles. The third-order valence-corrected chi connectivity index (χ3v) is 3.56. The number of nitrogens with one attached hydrogen (secondary N) is 1. The van der Waals surface area contributed by atoms with Gasteiger partial charge in [-0.25, -0.2) is 4.79 Å². The van der Waals surface area contributed by atoms with Gasteiger partial charge in [-0.1, -0.05) is 18.2 Å². The lowest BCUT2D eigenvalue weighted by molar-refractivity contribution is -0.132. The average Bonchev–Trinajstić information content (AvgIpc) is 2.51. The highest BCUT2D eigenvalue weighted by Crippen LogP contribution is 2.16. The molecule has 0 bridgehead atoms. The molecule has 27 heavy (non-hydrogen) atoms. The van der Waals surface area contributed by atoms with Crippen LogP contribution in [0.4, 0.5) is 4.79 Å². The summed E-state index contributed by atoms with van der Waals surface area (Å²) in [4.78, 5) is 26.4. The number of hydrogen-bond donors (Lipinski definition) is 1. The molecule has 0 unspecified atom stereocenters. The number of carbonyl (C=O) groups excluding carboxylic acids is 2. The summed E-state index contributed by atoms with van der Waals surface area (Å²) in [6, 6.07) is 9.23. The predicted octanol–water partition coefficient (Wildman–Crippen LogP) is 3.77. The van der Waals surface area contributed by atoms with Gasteiger partial charge in [0.15, 0.2) is 0 Å². The Kier molecular flexibility index (Phi) is 7.59. The average molecular weight is 371 g/mol. The fourth-order valence-corrected chi connectivity index (χ4v) is 2.48. The first-order valence-corrected chi connectivity index (χ1v) is 8.84. The topological polar surface area (TPSA) is 82.4 Å². The van der Waals surface area contributed by atoms with E-state index in [1.807, 2.05) is 6.07 Å². The lowest BCUT2D eigenvalue weighted by Gasteiger charge is -2.30. The molecule has 6 nitrogen and oxygen atoms in total. The Balaban J connectivity index is 2.80. The lowest BCUT2D eigenvalue weighted by atomic mass is 9.99. The van der Waals surface area contributed by atoms with Gasteiger partial charge in [0.25, 0.3) is 0 Å². The summed E-state index contributed by atoms with van der Waals surface area (Å²) in [6.45, 7) is 13.3. The maximum atomic E-state index is 12.8. The number of alkyl carbamates (subject to hydrolysis) is 1. The number of amides is 2. The molecule has 0 heterocycles. The van der Waals surface area contributed by atoms with E-state index in [1.54, 1.807) is 63.8 Å². The van der Waals surface area contributed by atoms with E-state index in [-0.39, 0.29) is 12.3 Å². The first-order chi connectivity index (χ1) is 12.5. The van der Waals surface area contributed by atoms with E-state index in [2.05, 4.69) is 18.0 Å². The highest BCUT2D eigenvalue weighted by atomic mass is 16.6. The molecule has 1 rings (SSSR count). The van der Waals surface area contributed by atoms with Gasteiger partial charge in [0.2, 0.25) is 5.91 Å². The van der Waals surface area contributed by atoms with Crippen LogP contribution in [-0.2, 0) is 16.1 Å². The summed E-state index contributed by atoms with van der Waals surface area (Å²) in [6.07, 6.45) is 1.20. The van der Waals surface area contributed by atoms with Crippen molar-refractivity contribution in [1.82, 2.24) is 10.2 Å². The summed E-state index contributed by atoms with van der Waals surface area (Å²) in [5.74, 6) is -0.127. The molecule has 6 heteroatoms. The van der Waals surface area contributed by atoms with Crippen LogP contribution >= 0.6 is 0 Å². The Hall–Kier alpha value is -2.81. The van der Waals surface area contributed by atoms with Crippen LogP contribution in [0, 0.1) is 11.3 Å². The summed E-state index contributed by atoms with van der Waals surface area (Å²) in [7, 11) is 0. The first-order valence-electron chi connectivity index (χ1n) is 8.84. The molecule has 0 aliphatic rings. The molecule has 0 atom stereocenters. The standard InChI is InChI=1S/C21H29N3O3/c1-7-11-24(15-17-10-8-9-16(12-17)14-22)18(25)13-21(5,6)23-19(26)27-20(2,3)4/h7-10,12H,1,11,13,15H2,2-6H3,(H,23,26). The van der Waals surface area contributed by atoms with Gasteiger partial charge in [0.1, 0.15) is 5.60 Å². The smallest absolute Gasteiger partial charge is 0.408 e. The molecule has 1 N–H and O–H groups in total. The SMILES string of the molecule is C=CCN(Cc1cccc(C#N)c1)C(=O)CC(C)(C)NC(=O)OC(C)(C)C. The van der Waals surface area contributed by atoms with E-state index in [9.17, 15) is 9.59 Å². The van der Waals surface area contributed by atoms with Crippen molar-refractivity contribution in [3.05, 3.63) is 48.0 Å². The molecule has 0 spiro atoms. The van der Waals surface area contributed by atoms with Gasteiger partial charge in [-0.05, 0) is 52.3 Å². The molecule has 2 amide bonds. The molecule has 146 valence electrons. The Bertz CT molecular complexity index is 727. The second kappa shape index (κ2) is 9.22. The fraction of sp³-hybridized carbons (Fsp3) is 0.476. The van der Waals surface area contributed by atoms with Gasteiger partial charge in [-0.3, -0.25) is 4.79 Å². The van der Waals surface area contributed by atoms with Crippen LogP contribution in [-0.4, -0.2) is 34.6 Å². The van der Waals surface area contributed by atoms with Gasteiger partial charge in [-0.2, -0.15) is 5.26 Å². The summed E-state index contributed by atoms with van der Waals surface area (Å²) in [5.41, 5.74) is 0.0330. The van der Waals surface area contributed by atoms with E-state index in [1.165, 1.54) is 0 Å². The number of hydrogen-bond acceptors (Lipinski definition) is 4. The zero-order valence-electron chi connectivity index (χ0n) is 16.8. The fourth-order valence-electron chi connectivity index (χ4n) is 2.48. The number of nitrogens with zero attached hydrogens (tertiary/aromatic N) is 2. The van der Waals surface area contributed by atoms with Gasteiger partial charge < -0.3 is 15.0 Å². The molecule has 0 aliphatic carbocycles. The summed E-state index contributed by atoms with van der Waals surface area (Å²) < 4.78 is 5.26. The minimum absolute atomic E-state index is 0.109. The number of benzene rings is 1. The van der Waals surface area contributed by atoms with Crippen LogP contribution in [0.2, 0.25) is 0 Å². The largest absolute Gasteiger partial charge is 0.444 e. The minimum Gasteiger partial charge on any atom is -0.444 e. The number of rotatable bonds is 7. The van der Waals surface area contributed by atoms with Crippen molar-refractivity contribution in [3.8, 4) is 6.07 Å². The van der Waals surface area contributed by atoms with Crippen LogP contribution < -0.4 is 5.32 Å². The molecule has 0 radical (unpaired) electrons. The minimum atomic E-state index is -0.770. The van der Waals surface area contributed by atoms with Crippen LogP contribution in [0.5, 0.6) is 0 Å². The van der Waals surface area contributed by atoms with Gasteiger partial charge in [0, 0.05) is 25.0 Å². The Morgan fingerprint density at radius 2 is 1.96 bits per heavy atom. The first kappa shape index (κ1) is 22.2. The highest BCUT2D eigenvalue weighted by molar-refractivity contribution is 5.79. The molecular formula is C21H29N3O3. The van der Waals surface area contributed by atoms with Crippen molar-refractivity contribution < 1.29 is 14.3 Å². The third kappa shape index (κ3) is 8.41. The normalized spacial score (nSPS) is 11.3. The van der Waals surface area contributed by atoms with Crippen LogP contribution in [0.1, 0.15) is 52.2 Å². The molecular weight excluding hydrogens is 342 g/mol. The van der Waals surface area contributed by atoms with Crippen LogP contribution in [0.3, 0.4) is 0 Å². The zero-order chi connectivity index (χ0) is 20.7. The number of carbonyl (C=O) groups is 2. The highest BCUT2D eigenvalue weighted by Gasteiger charge is 2.29. The van der Waals surface area contributed by atoms with E-state index >= 15 is 0 Å². The third-order valence-electron chi connectivity index (χ3n) is 3.56. The molecule has 0 aromatic heterocycles.